The summed E-state index contributed by atoms with van der Waals surface area (Å²) in [7, 11) is 1.87. The highest BCUT2D eigenvalue weighted by atomic mass is 79.9. The Hall–Kier alpha value is -1.46. The highest BCUT2D eigenvalue weighted by molar-refractivity contribution is 9.10. The highest BCUT2D eigenvalue weighted by Crippen LogP contribution is 2.17. The van der Waals surface area contributed by atoms with Gasteiger partial charge >= 0.3 is 0 Å². The number of hydrogen-bond donors (Lipinski definition) is 2. The molecule has 2 N–H and O–H groups in total. The molecule has 0 atom stereocenters. The number of rotatable bonds is 4. The van der Waals surface area contributed by atoms with Crippen LogP contribution in [0.3, 0.4) is 0 Å². The van der Waals surface area contributed by atoms with Gasteiger partial charge in [-0.3, -0.25) is 0 Å². The third kappa shape index (κ3) is 3.51. The predicted molar refractivity (Wildman–Crippen MR) is 72.2 cm³/mol. The number of hydrogen-bond acceptors (Lipinski definition) is 4. The second-order valence-electron chi connectivity index (χ2n) is 3.52. The summed E-state index contributed by atoms with van der Waals surface area (Å²) in [4.78, 5) is 8.55. The lowest BCUT2D eigenvalue weighted by Gasteiger charge is -2.06. The Morgan fingerprint density at radius 3 is 2.65 bits per heavy atom. The van der Waals surface area contributed by atoms with Crippen LogP contribution in [0.4, 0.5) is 11.5 Å². The molecular weight excluding hydrogens is 280 g/mol. The topological polar surface area (TPSA) is 49.8 Å². The molecule has 0 fully saturated rings. The van der Waals surface area contributed by atoms with Crippen molar-refractivity contribution in [3.8, 4) is 0 Å². The predicted octanol–water partition coefficient (Wildman–Crippen LogP) is 2.70. The molecule has 0 bridgehead atoms. The molecule has 1 heterocycles. The van der Waals surface area contributed by atoms with E-state index in [2.05, 4.69) is 36.5 Å². The lowest BCUT2D eigenvalue weighted by atomic mass is 10.3. The second-order valence-corrected chi connectivity index (χ2v) is 4.44. The molecule has 88 valence electrons. The van der Waals surface area contributed by atoms with Crippen LogP contribution in [0.1, 0.15) is 5.82 Å². The molecule has 0 aliphatic heterocycles. The summed E-state index contributed by atoms with van der Waals surface area (Å²) in [6.45, 7) is 0.663. The lowest BCUT2D eigenvalue weighted by molar-refractivity contribution is 0.759. The van der Waals surface area contributed by atoms with Crippen LogP contribution in [0.25, 0.3) is 0 Å². The van der Waals surface area contributed by atoms with Crippen LogP contribution < -0.4 is 10.6 Å². The standard InChI is InChI=1S/C12H13BrN4/c1-14-8-12-15-7-6-11(17-12)16-10-4-2-9(13)3-5-10/h2-7,14H,8H2,1H3,(H,15,16,17). The van der Waals surface area contributed by atoms with Crippen LogP contribution in [0, 0.1) is 0 Å². The molecule has 2 aromatic rings. The van der Waals surface area contributed by atoms with Gasteiger partial charge in [-0.25, -0.2) is 9.97 Å². The molecule has 17 heavy (non-hydrogen) atoms. The molecular formula is C12H13BrN4. The Bertz CT molecular complexity index is 484. The summed E-state index contributed by atoms with van der Waals surface area (Å²) in [6.07, 6.45) is 1.75. The summed E-state index contributed by atoms with van der Waals surface area (Å²) >= 11 is 3.40. The first kappa shape index (κ1) is 12.0. The summed E-state index contributed by atoms with van der Waals surface area (Å²) in [5.74, 6) is 1.57. The van der Waals surface area contributed by atoms with Gasteiger partial charge in [0.15, 0.2) is 0 Å². The van der Waals surface area contributed by atoms with Gasteiger partial charge in [-0.15, -0.1) is 0 Å². The molecule has 0 unspecified atom stereocenters. The molecule has 5 heteroatoms. The fourth-order valence-corrected chi connectivity index (χ4v) is 1.66. The van der Waals surface area contributed by atoms with E-state index in [4.69, 9.17) is 0 Å². The number of halogens is 1. The SMILES string of the molecule is CNCc1nccc(Nc2ccc(Br)cc2)n1. The fourth-order valence-electron chi connectivity index (χ4n) is 1.39. The van der Waals surface area contributed by atoms with Crippen LogP contribution >= 0.6 is 15.9 Å². The average molecular weight is 293 g/mol. The molecule has 0 amide bonds. The van der Waals surface area contributed by atoms with Gasteiger partial charge in [0.05, 0.1) is 6.54 Å². The van der Waals surface area contributed by atoms with Crippen molar-refractivity contribution < 1.29 is 0 Å². The van der Waals surface area contributed by atoms with E-state index in [0.29, 0.717) is 6.54 Å². The molecule has 1 aromatic heterocycles. The molecule has 0 aliphatic rings. The van der Waals surface area contributed by atoms with Crippen LogP contribution in [0.15, 0.2) is 41.0 Å². The molecule has 0 saturated carbocycles. The summed E-state index contributed by atoms with van der Waals surface area (Å²) in [5.41, 5.74) is 1.00. The maximum atomic E-state index is 4.38. The van der Waals surface area contributed by atoms with Crippen molar-refractivity contribution in [3.63, 3.8) is 0 Å². The monoisotopic (exact) mass is 292 g/mol. The molecule has 0 radical (unpaired) electrons. The Balaban J connectivity index is 2.12. The van der Waals surface area contributed by atoms with E-state index in [1.165, 1.54) is 0 Å². The number of anilines is 2. The molecule has 0 saturated heterocycles. The van der Waals surface area contributed by atoms with E-state index in [0.717, 1.165) is 21.8 Å². The van der Waals surface area contributed by atoms with Gasteiger partial charge in [0.1, 0.15) is 11.6 Å². The first-order chi connectivity index (χ1) is 8.28. The van der Waals surface area contributed by atoms with Crippen molar-refractivity contribution in [1.82, 2.24) is 15.3 Å². The number of nitrogens with one attached hydrogen (secondary N) is 2. The second kappa shape index (κ2) is 5.75. The zero-order valence-corrected chi connectivity index (χ0v) is 11.0. The van der Waals surface area contributed by atoms with Gasteiger partial charge in [0.25, 0.3) is 0 Å². The Morgan fingerprint density at radius 1 is 1.18 bits per heavy atom. The maximum absolute atomic E-state index is 4.38. The summed E-state index contributed by atoms with van der Waals surface area (Å²) in [6, 6.07) is 9.80. The van der Waals surface area contributed by atoms with E-state index in [1.54, 1.807) is 6.20 Å². The minimum absolute atomic E-state index is 0.663. The van der Waals surface area contributed by atoms with Crippen molar-refractivity contribution >= 4 is 27.4 Å². The largest absolute Gasteiger partial charge is 0.340 e. The van der Waals surface area contributed by atoms with Gasteiger partial charge in [-0.1, -0.05) is 15.9 Å². The highest BCUT2D eigenvalue weighted by Gasteiger charge is 1.99. The summed E-state index contributed by atoms with van der Waals surface area (Å²) in [5, 5.41) is 6.25. The first-order valence-corrected chi connectivity index (χ1v) is 6.06. The minimum atomic E-state index is 0.663. The smallest absolute Gasteiger partial charge is 0.144 e. The van der Waals surface area contributed by atoms with Gasteiger partial charge in [-0.2, -0.15) is 0 Å². The van der Waals surface area contributed by atoms with E-state index < -0.39 is 0 Å². The van der Waals surface area contributed by atoms with Crippen LogP contribution in [0.5, 0.6) is 0 Å². The van der Waals surface area contributed by atoms with Gasteiger partial charge in [-0.05, 0) is 37.4 Å². The van der Waals surface area contributed by atoms with Crippen LogP contribution in [0.2, 0.25) is 0 Å². The van der Waals surface area contributed by atoms with E-state index in [9.17, 15) is 0 Å². The van der Waals surface area contributed by atoms with Crippen LogP contribution in [-0.2, 0) is 6.54 Å². The number of benzene rings is 1. The molecule has 4 nitrogen and oxygen atoms in total. The number of aromatic nitrogens is 2. The van der Waals surface area contributed by atoms with Crippen molar-refractivity contribution in [1.29, 1.82) is 0 Å². The minimum Gasteiger partial charge on any atom is -0.340 e. The quantitative estimate of drug-likeness (QED) is 0.910. The molecule has 0 spiro atoms. The maximum Gasteiger partial charge on any atom is 0.144 e. The van der Waals surface area contributed by atoms with Crippen molar-refractivity contribution in [3.05, 3.63) is 46.8 Å². The lowest BCUT2D eigenvalue weighted by Crippen LogP contribution is -2.09. The molecule has 1 aromatic carbocycles. The molecule has 0 aliphatic carbocycles. The molecule has 2 rings (SSSR count). The van der Waals surface area contributed by atoms with Crippen LogP contribution in [-0.4, -0.2) is 17.0 Å². The van der Waals surface area contributed by atoms with Gasteiger partial charge in [0.2, 0.25) is 0 Å². The van der Waals surface area contributed by atoms with Crippen molar-refractivity contribution in [2.45, 2.75) is 6.54 Å². The normalized spacial score (nSPS) is 10.2. The zero-order chi connectivity index (χ0) is 12.1. The fraction of sp³-hybridized carbons (Fsp3) is 0.167. The third-order valence-electron chi connectivity index (χ3n) is 2.16. The Labute approximate surface area is 109 Å². The Morgan fingerprint density at radius 2 is 1.94 bits per heavy atom. The van der Waals surface area contributed by atoms with E-state index in [-0.39, 0.29) is 0 Å². The van der Waals surface area contributed by atoms with Gasteiger partial charge in [0, 0.05) is 16.4 Å². The van der Waals surface area contributed by atoms with Crippen molar-refractivity contribution in [2.75, 3.05) is 12.4 Å². The first-order valence-electron chi connectivity index (χ1n) is 5.27. The summed E-state index contributed by atoms with van der Waals surface area (Å²) < 4.78 is 1.06. The van der Waals surface area contributed by atoms with E-state index in [1.807, 2.05) is 37.4 Å². The average Bonchev–Trinajstić information content (AvgIpc) is 2.33. The van der Waals surface area contributed by atoms with E-state index >= 15 is 0 Å². The number of nitrogens with zero attached hydrogens (tertiary/aromatic N) is 2. The zero-order valence-electron chi connectivity index (χ0n) is 9.44. The Kier molecular flexibility index (Phi) is 4.06. The van der Waals surface area contributed by atoms with Crippen molar-refractivity contribution in [2.24, 2.45) is 0 Å². The van der Waals surface area contributed by atoms with Gasteiger partial charge < -0.3 is 10.6 Å². The third-order valence-corrected chi connectivity index (χ3v) is 2.69.